The molecule has 24 heteroatoms. The summed E-state index contributed by atoms with van der Waals surface area (Å²) >= 11 is 0. The Morgan fingerprint density at radius 1 is 0.587 bits per heavy atom. The number of aliphatic hydroxyl groups is 12. The van der Waals surface area contributed by atoms with E-state index in [1.165, 1.54) is 38.1 Å². The normalized spacial score (nSPS) is 41.0. The summed E-state index contributed by atoms with van der Waals surface area (Å²) in [5.41, 5.74) is -1.43. The number of aliphatic hydroxyl groups excluding tert-OH is 12. The highest BCUT2D eigenvalue weighted by Crippen LogP contribution is 2.40. The van der Waals surface area contributed by atoms with Crippen LogP contribution < -0.4 is 14.9 Å². The van der Waals surface area contributed by atoms with Crippen molar-refractivity contribution in [2.24, 2.45) is 0 Å². The minimum Gasteiger partial charge on any atom is -0.508 e. The van der Waals surface area contributed by atoms with Gasteiger partial charge in [-0.2, -0.15) is 0 Å². The minimum absolute atomic E-state index is 0.0468. The van der Waals surface area contributed by atoms with Crippen LogP contribution in [-0.2, 0) is 28.4 Å². The van der Waals surface area contributed by atoms with E-state index in [-0.39, 0.29) is 22.6 Å². The van der Waals surface area contributed by atoms with Gasteiger partial charge in [-0.25, -0.2) is 0 Å². The molecule has 24 nitrogen and oxygen atoms in total. The first-order chi connectivity index (χ1) is 29.8. The summed E-state index contributed by atoms with van der Waals surface area (Å²) in [6.45, 7) is 1.18. The lowest BCUT2D eigenvalue weighted by Crippen LogP contribution is -2.65. The molecular weight excluding hydrogens is 852 g/mol. The Hall–Kier alpha value is -3.87. The zero-order valence-electron chi connectivity index (χ0n) is 33.3. The molecule has 0 bridgehead atoms. The molecule has 4 aliphatic rings. The maximum atomic E-state index is 14.5. The molecule has 0 saturated carbocycles. The summed E-state index contributed by atoms with van der Waals surface area (Å²) in [7, 11) is 0. The number of phenolic OH excluding ortho intramolecular Hbond substituents is 2. The number of fused-ring (bicyclic) bond motifs is 1. The molecule has 3 aromatic rings. The molecule has 1 aromatic heterocycles. The first-order valence-corrected chi connectivity index (χ1v) is 19.8. The maximum absolute atomic E-state index is 14.5. The fourth-order valence-corrected chi connectivity index (χ4v) is 7.56. The standard InChI is InChI=1S/C39H50O24/c1-11-21(43)26(48)30(52)36(56-11)55-10-19-24(46)29(51)35(63-38-32(54)28(50)23(45)18(9-40)60-38)39(61-19)62-34-25(47)20-16(42)7-15(58-37-31(53)27(49)22(44)12(2)57-37)8-17(20)59-33(34)13-3-5-14(41)6-4-13/h3-8,11-12,18-19,21-24,26-32,35-46,48-54H,9-10H2,1-2H3/t11?,12-,18?,19-,21-,22-,23+,24?,26?,27?,28-,29+,30-,31?,32?,35-,36+,37-,38-,39?/m0/s1. The summed E-state index contributed by atoms with van der Waals surface area (Å²) in [6.07, 6.45) is -34.3. The van der Waals surface area contributed by atoms with E-state index in [4.69, 9.17) is 42.3 Å². The molecule has 0 aliphatic carbocycles. The van der Waals surface area contributed by atoms with Gasteiger partial charge >= 0.3 is 0 Å². The average molecular weight is 903 g/mol. The topological polar surface area (TPSA) is 387 Å². The van der Waals surface area contributed by atoms with Crippen molar-refractivity contribution in [2.75, 3.05) is 13.2 Å². The van der Waals surface area contributed by atoms with Gasteiger partial charge in [0, 0.05) is 17.7 Å². The Bertz CT molecular complexity index is 2080. The van der Waals surface area contributed by atoms with Crippen LogP contribution in [0, 0.1) is 0 Å². The Morgan fingerprint density at radius 2 is 1.14 bits per heavy atom. The van der Waals surface area contributed by atoms with E-state index in [9.17, 15) is 76.3 Å². The van der Waals surface area contributed by atoms with Gasteiger partial charge in [0.05, 0.1) is 25.4 Å². The van der Waals surface area contributed by atoms with Crippen molar-refractivity contribution in [1.29, 1.82) is 0 Å². The fraction of sp³-hybridized carbons (Fsp3) is 0.615. The quantitative estimate of drug-likeness (QED) is 0.0856. The molecule has 5 heterocycles. The zero-order valence-corrected chi connectivity index (χ0v) is 33.3. The van der Waals surface area contributed by atoms with E-state index in [1.54, 1.807) is 0 Å². The van der Waals surface area contributed by atoms with Crippen LogP contribution >= 0.6 is 0 Å². The van der Waals surface area contributed by atoms with Crippen molar-refractivity contribution < 1.29 is 114 Å². The predicted octanol–water partition coefficient (Wildman–Crippen LogP) is -5.07. The van der Waals surface area contributed by atoms with E-state index in [1.807, 2.05) is 0 Å². The van der Waals surface area contributed by atoms with Crippen molar-refractivity contribution in [1.82, 2.24) is 0 Å². The Labute approximate surface area is 355 Å². The molecule has 8 unspecified atom stereocenters. The van der Waals surface area contributed by atoms with Crippen LogP contribution in [0.2, 0.25) is 0 Å². The smallest absolute Gasteiger partial charge is 0.239 e. The molecule has 0 amide bonds. The van der Waals surface area contributed by atoms with Gasteiger partial charge < -0.3 is 114 Å². The van der Waals surface area contributed by atoms with Crippen LogP contribution in [0.4, 0.5) is 0 Å². The van der Waals surface area contributed by atoms with Gasteiger partial charge in [-0.05, 0) is 38.1 Å². The Morgan fingerprint density at radius 3 is 1.78 bits per heavy atom. The SMILES string of the molecule is CC1O[C@@H](OC[C@@H]2OC(Oc3c(-c4ccc(O)cc4)oc4cc(O[C@@H]5O[C@@H](C)[C@H](O)C(O)C5O)cc(O)c4c3=O)[C@@H](O[C@@H]3OC(CO)[C@@H](O)[C@H](O)C3O)[C@H](O)C2O)[C@@H](O)C(O)[C@H]1O. The molecule has 0 radical (unpaired) electrons. The summed E-state index contributed by atoms with van der Waals surface area (Å²) in [6, 6.07) is 7.10. The molecule has 14 N–H and O–H groups in total. The molecule has 2 aromatic carbocycles. The van der Waals surface area contributed by atoms with Gasteiger partial charge in [0.2, 0.25) is 23.8 Å². The van der Waals surface area contributed by atoms with Gasteiger partial charge in [-0.3, -0.25) is 4.79 Å². The minimum atomic E-state index is -2.12. The molecule has 4 fully saturated rings. The highest BCUT2D eigenvalue weighted by Gasteiger charge is 2.53. The van der Waals surface area contributed by atoms with Crippen LogP contribution in [0.25, 0.3) is 22.3 Å². The van der Waals surface area contributed by atoms with Crippen LogP contribution in [0.3, 0.4) is 0 Å². The molecule has 4 aliphatic heterocycles. The highest BCUT2D eigenvalue weighted by molar-refractivity contribution is 5.88. The number of aromatic hydroxyl groups is 2. The second-order valence-electron chi connectivity index (χ2n) is 15.7. The van der Waals surface area contributed by atoms with Crippen molar-refractivity contribution in [3.8, 4) is 34.3 Å². The van der Waals surface area contributed by atoms with Crippen molar-refractivity contribution >= 4 is 11.0 Å². The third kappa shape index (κ3) is 9.19. The molecule has 63 heavy (non-hydrogen) atoms. The van der Waals surface area contributed by atoms with Gasteiger partial charge in [0.1, 0.15) is 108 Å². The largest absolute Gasteiger partial charge is 0.508 e. The zero-order chi connectivity index (χ0) is 45.8. The molecular formula is C39H50O24. The van der Waals surface area contributed by atoms with E-state index in [2.05, 4.69) is 0 Å². The number of phenols is 2. The van der Waals surface area contributed by atoms with Crippen LogP contribution in [0.15, 0.2) is 45.6 Å². The number of ether oxygens (including phenoxy) is 8. The lowest BCUT2D eigenvalue weighted by molar-refractivity contribution is -0.362. The number of hydrogen-bond acceptors (Lipinski definition) is 24. The van der Waals surface area contributed by atoms with Crippen molar-refractivity contribution in [3.05, 3.63) is 46.6 Å². The first-order valence-electron chi connectivity index (χ1n) is 19.8. The molecule has 0 spiro atoms. The van der Waals surface area contributed by atoms with E-state index in [0.717, 1.165) is 12.1 Å². The number of hydrogen-bond donors (Lipinski definition) is 14. The lowest BCUT2D eigenvalue weighted by atomic mass is 9.97. The van der Waals surface area contributed by atoms with E-state index >= 15 is 0 Å². The molecule has 4 saturated heterocycles. The third-order valence-corrected chi connectivity index (χ3v) is 11.3. The summed E-state index contributed by atoms with van der Waals surface area (Å²) in [5.74, 6) is -2.43. The van der Waals surface area contributed by atoms with Crippen LogP contribution in [0.5, 0.6) is 23.0 Å². The number of rotatable bonds is 11. The van der Waals surface area contributed by atoms with Gasteiger partial charge in [-0.1, -0.05) is 0 Å². The van der Waals surface area contributed by atoms with Crippen molar-refractivity contribution in [2.45, 2.75) is 137 Å². The highest BCUT2D eigenvalue weighted by atomic mass is 16.8. The average Bonchev–Trinajstić information content (AvgIpc) is 3.25. The van der Waals surface area contributed by atoms with Gasteiger partial charge in [0.15, 0.2) is 24.4 Å². The second kappa shape index (κ2) is 18.9. The summed E-state index contributed by atoms with van der Waals surface area (Å²) < 4.78 is 51.7. The molecule has 20 atom stereocenters. The van der Waals surface area contributed by atoms with Crippen LogP contribution in [-0.4, -0.2) is 208 Å². The predicted molar refractivity (Wildman–Crippen MR) is 202 cm³/mol. The monoisotopic (exact) mass is 902 g/mol. The van der Waals surface area contributed by atoms with Gasteiger partial charge in [-0.15, -0.1) is 0 Å². The third-order valence-electron chi connectivity index (χ3n) is 11.3. The lowest BCUT2D eigenvalue weighted by Gasteiger charge is -2.46. The Kier molecular flexibility index (Phi) is 14.1. The summed E-state index contributed by atoms with van der Waals surface area (Å²) in [4.78, 5) is 14.5. The Balaban J connectivity index is 1.27. The first kappa shape index (κ1) is 47.1. The molecule has 7 rings (SSSR count). The van der Waals surface area contributed by atoms with E-state index in [0.29, 0.717) is 0 Å². The fourth-order valence-electron chi connectivity index (χ4n) is 7.56. The maximum Gasteiger partial charge on any atom is 0.239 e. The summed E-state index contributed by atoms with van der Waals surface area (Å²) in [5, 5.41) is 147. The number of benzene rings is 2. The van der Waals surface area contributed by atoms with Gasteiger partial charge in [0.25, 0.3) is 0 Å². The second-order valence-corrected chi connectivity index (χ2v) is 15.7. The molecule has 350 valence electrons. The van der Waals surface area contributed by atoms with Crippen molar-refractivity contribution in [3.63, 3.8) is 0 Å². The van der Waals surface area contributed by atoms with E-state index < -0.39 is 164 Å². The van der Waals surface area contributed by atoms with Crippen LogP contribution in [0.1, 0.15) is 13.8 Å².